The molecule has 1 aromatic carbocycles. The Bertz CT molecular complexity index is 517. The van der Waals surface area contributed by atoms with E-state index in [1.165, 1.54) is 18.2 Å². The Hall–Kier alpha value is -2.15. The molecule has 0 aliphatic carbocycles. The maximum atomic E-state index is 11.1. The molecule has 0 aromatic heterocycles. The van der Waals surface area contributed by atoms with Crippen LogP contribution in [0.2, 0.25) is 0 Å². The fourth-order valence-electron chi connectivity index (χ4n) is 2.32. The Morgan fingerprint density at radius 2 is 2.21 bits per heavy atom. The number of nitro benzene ring substituents is 1. The monoisotopic (exact) mass is 266 g/mol. The van der Waals surface area contributed by atoms with Crippen molar-refractivity contribution in [2.75, 3.05) is 18.0 Å². The van der Waals surface area contributed by atoms with Gasteiger partial charge in [0.05, 0.1) is 11.0 Å². The summed E-state index contributed by atoms with van der Waals surface area (Å²) in [7, 11) is 0. The molecule has 1 atom stereocenters. The average molecular weight is 266 g/mol. The number of aromatic carboxylic acids is 1. The van der Waals surface area contributed by atoms with Crippen molar-refractivity contribution in [1.82, 2.24) is 0 Å². The average Bonchev–Trinajstić information content (AvgIpc) is 2.37. The van der Waals surface area contributed by atoms with Crippen LogP contribution < -0.4 is 4.90 Å². The van der Waals surface area contributed by atoms with Crippen LogP contribution in [0.25, 0.3) is 0 Å². The molecule has 19 heavy (non-hydrogen) atoms. The van der Waals surface area contributed by atoms with Crippen molar-refractivity contribution >= 4 is 17.3 Å². The molecule has 102 valence electrons. The summed E-state index contributed by atoms with van der Waals surface area (Å²) in [5, 5.41) is 29.8. The molecule has 1 aliphatic heterocycles. The lowest BCUT2D eigenvalue weighted by atomic mass is 10.1. The third-order valence-electron chi connectivity index (χ3n) is 3.16. The van der Waals surface area contributed by atoms with Crippen LogP contribution in [0.4, 0.5) is 11.4 Å². The molecule has 7 nitrogen and oxygen atoms in total. The Kier molecular flexibility index (Phi) is 3.66. The van der Waals surface area contributed by atoms with Crippen molar-refractivity contribution in [1.29, 1.82) is 0 Å². The molecule has 2 N–H and O–H groups in total. The molecule has 1 aromatic rings. The third kappa shape index (κ3) is 2.65. The standard InChI is InChI=1S/C12H14N2O5/c15-8-3-2-6-13(7-8)10-5-1-4-9(12(16)17)11(10)14(18)19/h1,4-5,8,15H,2-3,6-7H2,(H,16,17). The molecule has 2 rings (SSSR count). The highest BCUT2D eigenvalue weighted by Crippen LogP contribution is 2.33. The van der Waals surface area contributed by atoms with Crippen LogP contribution in [0.15, 0.2) is 18.2 Å². The van der Waals surface area contributed by atoms with E-state index in [9.17, 15) is 20.0 Å². The number of benzene rings is 1. The van der Waals surface area contributed by atoms with E-state index in [1.54, 1.807) is 4.90 Å². The quantitative estimate of drug-likeness (QED) is 0.630. The number of nitrogens with zero attached hydrogens (tertiary/aromatic N) is 2. The van der Waals surface area contributed by atoms with Gasteiger partial charge in [0.1, 0.15) is 11.3 Å². The number of aliphatic hydroxyl groups is 1. The number of nitro groups is 1. The number of carboxylic acid groups (broad SMARTS) is 1. The zero-order chi connectivity index (χ0) is 14.0. The molecule has 0 radical (unpaired) electrons. The highest BCUT2D eigenvalue weighted by molar-refractivity contribution is 5.95. The summed E-state index contributed by atoms with van der Waals surface area (Å²) < 4.78 is 0. The van der Waals surface area contributed by atoms with E-state index in [-0.39, 0.29) is 17.8 Å². The molecular weight excluding hydrogens is 252 g/mol. The van der Waals surface area contributed by atoms with Crippen LogP contribution in [0.5, 0.6) is 0 Å². The molecule has 0 amide bonds. The summed E-state index contributed by atoms with van der Waals surface area (Å²) >= 11 is 0. The van der Waals surface area contributed by atoms with Gasteiger partial charge in [-0.3, -0.25) is 10.1 Å². The molecule has 0 saturated carbocycles. The molecular formula is C12H14N2O5. The molecule has 1 fully saturated rings. The van der Waals surface area contributed by atoms with Crippen LogP contribution >= 0.6 is 0 Å². The maximum absolute atomic E-state index is 11.1. The topological polar surface area (TPSA) is 104 Å². The molecule has 1 saturated heterocycles. The van der Waals surface area contributed by atoms with Gasteiger partial charge in [-0.15, -0.1) is 0 Å². The summed E-state index contributed by atoms with van der Waals surface area (Å²) in [6.45, 7) is 0.852. The van der Waals surface area contributed by atoms with Crippen LogP contribution in [-0.4, -0.2) is 40.3 Å². The van der Waals surface area contributed by atoms with Crippen molar-refractivity contribution in [3.05, 3.63) is 33.9 Å². The van der Waals surface area contributed by atoms with Gasteiger partial charge in [-0.1, -0.05) is 6.07 Å². The fourth-order valence-corrected chi connectivity index (χ4v) is 2.32. The summed E-state index contributed by atoms with van der Waals surface area (Å²) in [6.07, 6.45) is 0.834. The van der Waals surface area contributed by atoms with Gasteiger partial charge in [-0.25, -0.2) is 4.79 Å². The van der Waals surface area contributed by atoms with E-state index in [2.05, 4.69) is 0 Å². The molecule has 1 unspecified atom stereocenters. The van der Waals surface area contributed by atoms with E-state index < -0.39 is 22.7 Å². The van der Waals surface area contributed by atoms with Crippen molar-refractivity contribution < 1.29 is 19.9 Å². The number of hydrogen-bond donors (Lipinski definition) is 2. The third-order valence-corrected chi connectivity index (χ3v) is 3.16. The van der Waals surface area contributed by atoms with Gasteiger partial charge in [0.15, 0.2) is 0 Å². The van der Waals surface area contributed by atoms with Crippen molar-refractivity contribution in [2.45, 2.75) is 18.9 Å². The molecule has 0 spiro atoms. The number of β-amino-alcohol motifs (C(OH)–C–C–N with tert-alkyl or cyclic N) is 1. The van der Waals surface area contributed by atoms with E-state index in [1.807, 2.05) is 0 Å². The first-order chi connectivity index (χ1) is 9.00. The van der Waals surface area contributed by atoms with E-state index in [0.29, 0.717) is 13.0 Å². The van der Waals surface area contributed by atoms with Gasteiger partial charge >= 0.3 is 11.7 Å². The Labute approximate surface area is 109 Å². The van der Waals surface area contributed by atoms with Gasteiger partial charge in [-0.2, -0.15) is 0 Å². The minimum absolute atomic E-state index is 0.253. The summed E-state index contributed by atoms with van der Waals surface area (Å²) in [6, 6.07) is 4.21. The number of rotatable bonds is 3. The minimum atomic E-state index is -1.33. The van der Waals surface area contributed by atoms with Crippen LogP contribution in [0.1, 0.15) is 23.2 Å². The molecule has 1 aliphatic rings. The SMILES string of the molecule is O=C(O)c1cccc(N2CCCC(O)C2)c1[N+](=O)[O-]. The van der Waals surface area contributed by atoms with E-state index in [0.717, 1.165) is 6.42 Å². The van der Waals surface area contributed by atoms with Crippen LogP contribution in [0.3, 0.4) is 0 Å². The highest BCUT2D eigenvalue weighted by atomic mass is 16.6. The van der Waals surface area contributed by atoms with Crippen molar-refractivity contribution in [2.24, 2.45) is 0 Å². The summed E-state index contributed by atoms with van der Waals surface area (Å²) in [5.74, 6) is -1.33. The van der Waals surface area contributed by atoms with Crippen molar-refractivity contribution in [3.63, 3.8) is 0 Å². The van der Waals surface area contributed by atoms with Crippen molar-refractivity contribution in [3.8, 4) is 0 Å². The van der Waals surface area contributed by atoms with Gasteiger partial charge in [0, 0.05) is 13.1 Å². The lowest BCUT2D eigenvalue weighted by Gasteiger charge is -2.31. The zero-order valence-electron chi connectivity index (χ0n) is 10.2. The predicted molar refractivity (Wildman–Crippen MR) is 67.5 cm³/mol. The second-order valence-electron chi connectivity index (χ2n) is 4.48. The minimum Gasteiger partial charge on any atom is -0.477 e. The largest absolute Gasteiger partial charge is 0.477 e. The van der Waals surface area contributed by atoms with E-state index >= 15 is 0 Å². The second-order valence-corrected chi connectivity index (χ2v) is 4.48. The number of para-hydroxylation sites is 1. The maximum Gasteiger partial charge on any atom is 0.342 e. The van der Waals surface area contributed by atoms with Gasteiger partial charge in [-0.05, 0) is 25.0 Å². The Morgan fingerprint density at radius 3 is 2.79 bits per heavy atom. The lowest BCUT2D eigenvalue weighted by molar-refractivity contribution is -0.384. The molecule has 0 bridgehead atoms. The summed E-state index contributed by atoms with van der Waals surface area (Å²) in [4.78, 5) is 23.2. The Balaban J connectivity index is 2.47. The number of carboxylic acids is 1. The van der Waals surface area contributed by atoms with Gasteiger partial charge < -0.3 is 15.1 Å². The Morgan fingerprint density at radius 1 is 1.47 bits per heavy atom. The first-order valence-electron chi connectivity index (χ1n) is 5.94. The number of anilines is 1. The normalized spacial score (nSPS) is 19.2. The van der Waals surface area contributed by atoms with Crippen LogP contribution in [0, 0.1) is 10.1 Å². The van der Waals surface area contributed by atoms with Gasteiger partial charge in [0.2, 0.25) is 0 Å². The first-order valence-corrected chi connectivity index (χ1v) is 5.94. The van der Waals surface area contributed by atoms with E-state index in [4.69, 9.17) is 5.11 Å². The van der Waals surface area contributed by atoms with Crippen LogP contribution in [-0.2, 0) is 0 Å². The number of piperidine rings is 1. The lowest BCUT2D eigenvalue weighted by Crippen LogP contribution is -2.38. The smallest absolute Gasteiger partial charge is 0.342 e. The number of aliphatic hydroxyl groups excluding tert-OH is 1. The number of hydrogen-bond acceptors (Lipinski definition) is 5. The molecule has 7 heteroatoms. The highest BCUT2D eigenvalue weighted by Gasteiger charge is 2.29. The number of carbonyl (C=O) groups is 1. The fraction of sp³-hybridized carbons (Fsp3) is 0.417. The molecule has 1 heterocycles. The first kappa shape index (κ1) is 13.3. The summed E-state index contributed by atoms with van der Waals surface area (Å²) in [5.41, 5.74) is -0.490. The predicted octanol–water partition coefficient (Wildman–Crippen LogP) is 1.25. The van der Waals surface area contributed by atoms with Gasteiger partial charge in [0.25, 0.3) is 0 Å². The second kappa shape index (κ2) is 5.23. The zero-order valence-corrected chi connectivity index (χ0v) is 10.2.